The van der Waals surface area contributed by atoms with E-state index in [0.29, 0.717) is 6.42 Å². The van der Waals surface area contributed by atoms with Gasteiger partial charge in [-0.05, 0) is 6.42 Å². The molecule has 1 saturated heterocycles. The highest BCUT2D eigenvalue weighted by Gasteiger charge is 2.31. The highest BCUT2D eigenvalue weighted by Crippen LogP contribution is 2.19. The molecule has 0 bridgehead atoms. The second-order valence-corrected chi connectivity index (χ2v) is 6.81. The van der Waals surface area contributed by atoms with Gasteiger partial charge in [0.15, 0.2) is 6.61 Å². The Morgan fingerprint density at radius 2 is 1.29 bits per heavy atom. The third-order valence-electron chi connectivity index (χ3n) is 4.62. The molecule has 1 aliphatic heterocycles. The minimum Gasteiger partial charge on any atom is -0.511 e. The van der Waals surface area contributed by atoms with Crippen LogP contribution in [0.2, 0.25) is 0 Å². The summed E-state index contributed by atoms with van der Waals surface area (Å²) >= 11 is 0. The van der Waals surface area contributed by atoms with Gasteiger partial charge in [-0.25, -0.2) is 4.79 Å². The fraction of sp³-hybridized carbons (Fsp3) is 0.800. The molecule has 1 fully saturated rings. The lowest BCUT2D eigenvalue weighted by Gasteiger charge is -2.04. The van der Waals surface area contributed by atoms with Crippen LogP contribution in [0.25, 0.3) is 0 Å². The fourth-order valence-electron chi connectivity index (χ4n) is 3.10. The first-order chi connectivity index (χ1) is 11.7. The summed E-state index contributed by atoms with van der Waals surface area (Å²) in [6.45, 7) is 2.03. The number of aliphatic hydroxyl groups is 1. The minimum absolute atomic E-state index is 0.0921. The normalized spacial score (nSPS) is 16.5. The SMILES string of the molecule is CCCCCCCCCCCCCCC/C(O)=C1\C(=O)COC1=O. The molecular weight excluding hydrogens is 304 g/mol. The number of carbonyl (C=O) groups excluding carboxylic acids is 2. The number of Topliss-reactive ketones (excluding diaryl/α,β-unsaturated/α-hetero) is 1. The van der Waals surface area contributed by atoms with Gasteiger partial charge in [0, 0.05) is 6.42 Å². The first kappa shape index (κ1) is 20.7. The van der Waals surface area contributed by atoms with E-state index in [2.05, 4.69) is 11.7 Å². The lowest BCUT2D eigenvalue weighted by atomic mass is 10.0. The zero-order valence-corrected chi connectivity index (χ0v) is 15.3. The summed E-state index contributed by atoms with van der Waals surface area (Å²) in [7, 11) is 0. The van der Waals surface area contributed by atoms with E-state index in [1.54, 1.807) is 0 Å². The number of allylic oxidation sites excluding steroid dienone is 1. The van der Waals surface area contributed by atoms with Gasteiger partial charge in [-0.2, -0.15) is 0 Å². The van der Waals surface area contributed by atoms with E-state index >= 15 is 0 Å². The van der Waals surface area contributed by atoms with E-state index < -0.39 is 11.8 Å². The van der Waals surface area contributed by atoms with Gasteiger partial charge in [0.1, 0.15) is 11.3 Å². The maximum Gasteiger partial charge on any atom is 0.345 e. The maximum absolute atomic E-state index is 11.4. The Bertz CT molecular complexity index is 394. The first-order valence-corrected chi connectivity index (χ1v) is 9.79. The van der Waals surface area contributed by atoms with Crippen molar-refractivity contribution in [3.8, 4) is 0 Å². The number of hydrogen-bond donors (Lipinski definition) is 1. The number of hydrogen-bond acceptors (Lipinski definition) is 4. The van der Waals surface area contributed by atoms with Crippen molar-refractivity contribution in [2.45, 2.75) is 96.8 Å². The summed E-state index contributed by atoms with van der Waals surface area (Å²) in [5.74, 6) is -1.16. The number of ether oxygens (including phenoxy) is 1. The molecule has 1 N–H and O–H groups in total. The van der Waals surface area contributed by atoms with Crippen LogP contribution in [0.15, 0.2) is 11.3 Å². The smallest absolute Gasteiger partial charge is 0.345 e. The predicted octanol–water partition coefficient (Wildman–Crippen LogP) is 5.41. The van der Waals surface area contributed by atoms with Gasteiger partial charge in [0.2, 0.25) is 5.78 Å². The number of carbonyl (C=O) groups is 2. The van der Waals surface area contributed by atoms with Crippen molar-refractivity contribution in [1.82, 2.24) is 0 Å². The van der Waals surface area contributed by atoms with Crippen molar-refractivity contribution >= 4 is 11.8 Å². The molecule has 0 aromatic heterocycles. The third-order valence-corrected chi connectivity index (χ3v) is 4.62. The summed E-state index contributed by atoms with van der Waals surface area (Å²) in [6, 6.07) is 0. The first-order valence-electron chi connectivity index (χ1n) is 9.79. The molecule has 4 nitrogen and oxygen atoms in total. The van der Waals surface area contributed by atoms with Crippen molar-refractivity contribution in [3.05, 3.63) is 11.3 Å². The summed E-state index contributed by atoms with van der Waals surface area (Å²) in [5, 5.41) is 9.82. The van der Waals surface area contributed by atoms with Gasteiger partial charge < -0.3 is 9.84 Å². The Hall–Kier alpha value is -1.32. The van der Waals surface area contributed by atoms with Crippen LogP contribution < -0.4 is 0 Å². The molecule has 0 atom stereocenters. The lowest BCUT2D eigenvalue weighted by molar-refractivity contribution is -0.135. The minimum atomic E-state index is -0.674. The molecule has 0 saturated carbocycles. The average Bonchev–Trinajstić information content (AvgIpc) is 2.90. The largest absolute Gasteiger partial charge is 0.511 e. The number of cyclic esters (lactones) is 1. The number of esters is 1. The highest BCUT2D eigenvalue weighted by molar-refractivity contribution is 6.22. The van der Waals surface area contributed by atoms with Gasteiger partial charge >= 0.3 is 5.97 Å². The zero-order valence-electron chi connectivity index (χ0n) is 15.3. The van der Waals surface area contributed by atoms with E-state index in [-0.39, 0.29) is 17.9 Å². The second-order valence-electron chi connectivity index (χ2n) is 6.81. The Morgan fingerprint density at radius 1 is 0.833 bits per heavy atom. The Balaban J connectivity index is 1.91. The summed E-state index contributed by atoms with van der Waals surface area (Å²) in [6.07, 6.45) is 16.8. The van der Waals surface area contributed by atoms with E-state index in [4.69, 9.17) is 0 Å². The number of rotatable bonds is 14. The maximum atomic E-state index is 11.4. The topological polar surface area (TPSA) is 63.6 Å². The molecule has 0 amide bonds. The molecule has 24 heavy (non-hydrogen) atoms. The van der Waals surface area contributed by atoms with Crippen molar-refractivity contribution in [1.29, 1.82) is 0 Å². The van der Waals surface area contributed by atoms with Gasteiger partial charge in [-0.1, -0.05) is 84.0 Å². The molecule has 1 rings (SSSR count). The number of aliphatic hydroxyl groups excluding tert-OH is 1. The molecule has 0 unspecified atom stereocenters. The lowest BCUT2D eigenvalue weighted by Crippen LogP contribution is -2.05. The monoisotopic (exact) mass is 338 g/mol. The molecular formula is C20H34O4. The molecule has 0 spiro atoms. The van der Waals surface area contributed by atoms with Gasteiger partial charge in [0.05, 0.1) is 0 Å². The molecule has 0 aromatic carbocycles. The summed E-state index contributed by atoms with van der Waals surface area (Å²) in [4.78, 5) is 22.7. The fourth-order valence-corrected chi connectivity index (χ4v) is 3.10. The standard InChI is InChI=1S/C20H34O4/c1-2-3-4-5-6-7-8-9-10-11-12-13-14-15-17(21)19-18(22)16-24-20(19)23/h21H,2-16H2,1H3/b19-17-. The van der Waals surface area contributed by atoms with Gasteiger partial charge in [0.25, 0.3) is 0 Å². The van der Waals surface area contributed by atoms with E-state index in [0.717, 1.165) is 19.3 Å². The van der Waals surface area contributed by atoms with E-state index in [1.165, 1.54) is 64.2 Å². The van der Waals surface area contributed by atoms with E-state index in [9.17, 15) is 14.7 Å². The van der Waals surface area contributed by atoms with Crippen molar-refractivity contribution in [2.75, 3.05) is 6.61 Å². The molecule has 0 aliphatic carbocycles. The van der Waals surface area contributed by atoms with Crippen LogP contribution in [0.3, 0.4) is 0 Å². The van der Waals surface area contributed by atoms with Gasteiger partial charge in [-0.15, -0.1) is 0 Å². The zero-order chi connectivity index (χ0) is 17.6. The van der Waals surface area contributed by atoms with Crippen molar-refractivity contribution < 1.29 is 19.4 Å². The van der Waals surface area contributed by atoms with E-state index in [1.807, 2.05) is 0 Å². The van der Waals surface area contributed by atoms with Crippen LogP contribution >= 0.6 is 0 Å². The number of unbranched alkanes of at least 4 members (excludes halogenated alkanes) is 12. The van der Waals surface area contributed by atoms with Crippen molar-refractivity contribution in [2.24, 2.45) is 0 Å². The Morgan fingerprint density at radius 3 is 1.71 bits per heavy atom. The molecule has 4 heteroatoms. The quantitative estimate of drug-likeness (QED) is 0.151. The van der Waals surface area contributed by atoms with Gasteiger partial charge in [-0.3, -0.25) is 4.79 Å². The van der Waals surface area contributed by atoms with Crippen LogP contribution in [0.1, 0.15) is 96.8 Å². The molecule has 1 aliphatic rings. The van der Waals surface area contributed by atoms with Crippen LogP contribution in [-0.2, 0) is 14.3 Å². The number of ketones is 1. The molecule has 0 radical (unpaired) electrons. The van der Waals surface area contributed by atoms with Crippen LogP contribution in [-0.4, -0.2) is 23.5 Å². The predicted molar refractivity (Wildman–Crippen MR) is 95.9 cm³/mol. The average molecular weight is 338 g/mol. The third kappa shape index (κ3) is 8.51. The van der Waals surface area contributed by atoms with Crippen LogP contribution in [0.5, 0.6) is 0 Å². The van der Waals surface area contributed by atoms with Crippen LogP contribution in [0, 0.1) is 0 Å². The summed E-state index contributed by atoms with van der Waals surface area (Å²) < 4.78 is 4.61. The second kappa shape index (κ2) is 13.0. The molecule has 138 valence electrons. The van der Waals surface area contributed by atoms with Crippen LogP contribution in [0.4, 0.5) is 0 Å². The highest BCUT2D eigenvalue weighted by atomic mass is 16.5. The molecule has 0 aromatic rings. The molecule has 1 heterocycles. The Labute approximate surface area is 146 Å². The van der Waals surface area contributed by atoms with Crippen molar-refractivity contribution in [3.63, 3.8) is 0 Å². The summed E-state index contributed by atoms with van der Waals surface area (Å²) in [5.41, 5.74) is -0.131. The Kier molecular flexibility index (Phi) is 11.2.